The number of non-ortho nitro benzene ring substituents is 1. The lowest BCUT2D eigenvalue weighted by Gasteiger charge is -2.21. The molecule has 0 saturated heterocycles. The van der Waals surface area contributed by atoms with Crippen molar-refractivity contribution in [2.75, 3.05) is 29.7 Å². The molecule has 0 heterocycles. The average molecular weight is 318 g/mol. The summed E-state index contributed by atoms with van der Waals surface area (Å²) in [7, 11) is 0. The second-order valence-corrected chi connectivity index (χ2v) is 5.37. The Kier molecular flexibility index (Phi) is 6.55. The molecule has 110 valence electrons. The summed E-state index contributed by atoms with van der Waals surface area (Å²) >= 11 is 3.13. The van der Waals surface area contributed by atoms with Crippen molar-refractivity contribution in [2.24, 2.45) is 0 Å². The molecule has 0 aliphatic heterocycles. The molecular weight excluding hydrogens is 304 g/mol. The molecule has 0 fully saturated rings. The molecule has 0 unspecified atom stereocenters. The minimum absolute atomic E-state index is 0.240. The van der Waals surface area contributed by atoms with Crippen LogP contribution in [0.5, 0.6) is 0 Å². The number of nitrogens with one attached hydrogen (secondary N) is 1. The van der Waals surface area contributed by atoms with Gasteiger partial charge in [0.25, 0.3) is 5.69 Å². The van der Waals surface area contributed by atoms with Crippen molar-refractivity contribution in [3.63, 3.8) is 0 Å². The van der Waals surface area contributed by atoms with Crippen LogP contribution in [-0.4, -0.2) is 39.1 Å². The standard InChI is InChI=1S/C10H14N4O4S2/c1-19-6-12(7-20-2)11-9-4-3-8(13(15)16)5-10(9)14(17)18/h3-5,11H,6-7H2,1-2H3. The maximum atomic E-state index is 11.0. The smallest absolute Gasteiger partial charge is 0.300 e. The van der Waals surface area contributed by atoms with Crippen molar-refractivity contribution in [1.29, 1.82) is 0 Å². The number of thioether (sulfide) groups is 2. The lowest BCUT2D eigenvalue weighted by Crippen LogP contribution is -2.29. The molecule has 0 aromatic heterocycles. The van der Waals surface area contributed by atoms with Gasteiger partial charge in [-0.05, 0) is 18.6 Å². The Balaban J connectivity index is 3.03. The average Bonchev–Trinajstić information content (AvgIpc) is 2.39. The fourth-order valence-electron chi connectivity index (χ4n) is 1.46. The quantitative estimate of drug-likeness (QED) is 0.443. The molecular formula is C10H14N4O4S2. The molecule has 1 aromatic rings. The topological polar surface area (TPSA) is 102 Å². The number of hydrogen-bond acceptors (Lipinski definition) is 8. The maximum Gasteiger partial charge on any atom is 0.300 e. The molecule has 0 amide bonds. The zero-order valence-electron chi connectivity index (χ0n) is 10.9. The van der Waals surface area contributed by atoms with Crippen LogP contribution in [0, 0.1) is 20.2 Å². The largest absolute Gasteiger partial charge is 0.311 e. The van der Waals surface area contributed by atoms with E-state index in [4.69, 9.17) is 0 Å². The van der Waals surface area contributed by atoms with E-state index >= 15 is 0 Å². The monoisotopic (exact) mass is 318 g/mol. The van der Waals surface area contributed by atoms with Gasteiger partial charge in [-0.1, -0.05) is 0 Å². The summed E-state index contributed by atoms with van der Waals surface area (Å²) in [5.41, 5.74) is 2.55. The van der Waals surface area contributed by atoms with E-state index in [9.17, 15) is 20.2 Å². The van der Waals surface area contributed by atoms with Gasteiger partial charge in [0.15, 0.2) is 0 Å². The van der Waals surface area contributed by atoms with Gasteiger partial charge in [-0.15, -0.1) is 23.5 Å². The number of anilines is 1. The first-order valence-electron chi connectivity index (χ1n) is 5.42. The van der Waals surface area contributed by atoms with Crippen LogP contribution in [0.3, 0.4) is 0 Å². The summed E-state index contributed by atoms with van der Waals surface area (Å²) in [5, 5.41) is 23.5. The number of nitro benzene ring substituents is 2. The Morgan fingerprint density at radius 3 is 2.20 bits per heavy atom. The van der Waals surface area contributed by atoms with Crippen molar-refractivity contribution in [3.8, 4) is 0 Å². The molecule has 0 radical (unpaired) electrons. The molecule has 10 heteroatoms. The second-order valence-electron chi connectivity index (χ2n) is 3.70. The van der Waals surface area contributed by atoms with E-state index in [2.05, 4.69) is 5.43 Å². The van der Waals surface area contributed by atoms with Crippen LogP contribution in [0.4, 0.5) is 17.1 Å². The number of benzene rings is 1. The zero-order chi connectivity index (χ0) is 15.1. The Bertz CT molecular complexity index is 494. The van der Waals surface area contributed by atoms with Gasteiger partial charge in [0.1, 0.15) is 5.69 Å². The van der Waals surface area contributed by atoms with Crippen LogP contribution in [-0.2, 0) is 0 Å². The number of nitrogens with zero attached hydrogens (tertiary/aromatic N) is 3. The van der Waals surface area contributed by atoms with E-state index in [1.165, 1.54) is 12.1 Å². The molecule has 1 aromatic carbocycles. The highest BCUT2D eigenvalue weighted by molar-refractivity contribution is 7.99. The molecule has 0 aliphatic carbocycles. The van der Waals surface area contributed by atoms with Crippen molar-refractivity contribution in [3.05, 3.63) is 38.4 Å². The van der Waals surface area contributed by atoms with E-state index in [1.807, 2.05) is 12.5 Å². The van der Waals surface area contributed by atoms with Gasteiger partial charge in [0.05, 0.1) is 27.7 Å². The Morgan fingerprint density at radius 2 is 1.75 bits per heavy atom. The highest BCUT2D eigenvalue weighted by atomic mass is 32.2. The SMILES string of the molecule is CSCN(CSC)Nc1ccc([N+](=O)[O-])cc1[N+](=O)[O-]. The Morgan fingerprint density at radius 1 is 1.15 bits per heavy atom. The fourth-order valence-corrected chi connectivity index (χ4v) is 2.51. The van der Waals surface area contributed by atoms with Gasteiger partial charge in [-0.3, -0.25) is 20.2 Å². The number of hydrazine groups is 1. The highest BCUT2D eigenvalue weighted by Crippen LogP contribution is 2.29. The first-order valence-corrected chi connectivity index (χ1v) is 8.20. The van der Waals surface area contributed by atoms with Gasteiger partial charge < -0.3 is 5.43 Å². The minimum Gasteiger partial charge on any atom is -0.311 e. The predicted octanol–water partition coefficient (Wildman–Crippen LogP) is 2.77. The van der Waals surface area contributed by atoms with Crippen molar-refractivity contribution >= 4 is 40.6 Å². The van der Waals surface area contributed by atoms with Crippen LogP contribution in [0.2, 0.25) is 0 Å². The summed E-state index contributed by atoms with van der Waals surface area (Å²) in [6.45, 7) is 0. The van der Waals surface area contributed by atoms with Crippen LogP contribution in [0.15, 0.2) is 18.2 Å². The number of nitro groups is 2. The van der Waals surface area contributed by atoms with Gasteiger partial charge in [-0.25, -0.2) is 5.01 Å². The molecule has 8 nitrogen and oxygen atoms in total. The third-order valence-electron chi connectivity index (χ3n) is 2.24. The van der Waals surface area contributed by atoms with Gasteiger partial charge in [0.2, 0.25) is 0 Å². The summed E-state index contributed by atoms with van der Waals surface area (Å²) in [4.78, 5) is 20.4. The highest BCUT2D eigenvalue weighted by Gasteiger charge is 2.20. The van der Waals surface area contributed by atoms with Gasteiger partial charge in [0, 0.05) is 6.07 Å². The Labute approximate surface area is 124 Å². The normalized spacial score (nSPS) is 10.6. The molecule has 0 atom stereocenters. The summed E-state index contributed by atoms with van der Waals surface area (Å²) < 4.78 is 0. The van der Waals surface area contributed by atoms with E-state index < -0.39 is 9.85 Å². The van der Waals surface area contributed by atoms with Crippen LogP contribution < -0.4 is 5.43 Å². The van der Waals surface area contributed by atoms with Crippen LogP contribution in [0.25, 0.3) is 0 Å². The zero-order valence-corrected chi connectivity index (χ0v) is 12.6. The number of hydrogen-bond donors (Lipinski definition) is 1. The molecule has 1 rings (SSSR count). The summed E-state index contributed by atoms with van der Waals surface area (Å²) in [6, 6.07) is 3.55. The third kappa shape index (κ3) is 4.54. The van der Waals surface area contributed by atoms with Crippen LogP contribution in [0.1, 0.15) is 0 Å². The molecule has 0 saturated carbocycles. The van der Waals surface area contributed by atoms with E-state index in [0.717, 1.165) is 6.07 Å². The van der Waals surface area contributed by atoms with E-state index in [1.54, 1.807) is 28.5 Å². The molecule has 1 N–H and O–H groups in total. The van der Waals surface area contributed by atoms with Crippen LogP contribution >= 0.6 is 23.5 Å². The predicted molar refractivity (Wildman–Crippen MR) is 82.0 cm³/mol. The third-order valence-corrected chi connectivity index (χ3v) is 3.38. The molecule has 0 bridgehead atoms. The first-order chi connectivity index (χ1) is 9.49. The minimum atomic E-state index is -0.654. The number of rotatable bonds is 8. The molecule has 0 aliphatic rings. The molecule has 0 spiro atoms. The van der Waals surface area contributed by atoms with Crippen molar-refractivity contribution < 1.29 is 9.85 Å². The van der Waals surface area contributed by atoms with Crippen molar-refractivity contribution in [2.45, 2.75) is 0 Å². The van der Waals surface area contributed by atoms with E-state index in [0.29, 0.717) is 11.8 Å². The molecule has 20 heavy (non-hydrogen) atoms. The fraction of sp³-hybridized carbons (Fsp3) is 0.400. The van der Waals surface area contributed by atoms with Crippen molar-refractivity contribution in [1.82, 2.24) is 5.01 Å². The second kappa shape index (κ2) is 7.92. The lowest BCUT2D eigenvalue weighted by molar-refractivity contribution is -0.393. The van der Waals surface area contributed by atoms with Gasteiger partial charge in [-0.2, -0.15) is 0 Å². The summed E-state index contributed by atoms with van der Waals surface area (Å²) in [5.74, 6) is 1.27. The summed E-state index contributed by atoms with van der Waals surface area (Å²) in [6.07, 6.45) is 3.83. The van der Waals surface area contributed by atoms with Gasteiger partial charge >= 0.3 is 5.69 Å². The first kappa shape index (κ1) is 16.5. The Hall–Kier alpha value is -1.52. The lowest BCUT2D eigenvalue weighted by atomic mass is 10.2. The van der Waals surface area contributed by atoms with E-state index in [-0.39, 0.29) is 17.1 Å². The maximum absolute atomic E-state index is 11.0.